The molecule has 12 heavy (non-hydrogen) atoms. The zero-order chi connectivity index (χ0) is 9.23. The van der Waals surface area contributed by atoms with E-state index in [2.05, 4.69) is 19.9 Å². The van der Waals surface area contributed by atoms with Crippen molar-refractivity contribution in [2.75, 3.05) is 6.61 Å². The van der Waals surface area contributed by atoms with E-state index in [1.807, 2.05) is 6.92 Å². The van der Waals surface area contributed by atoms with Crippen molar-refractivity contribution in [3.8, 4) is 0 Å². The maximum Gasteiger partial charge on any atom is 0.0914 e. The van der Waals surface area contributed by atoms with Crippen LogP contribution in [0.1, 0.15) is 52.9 Å². The molecule has 0 spiro atoms. The van der Waals surface area contributed by atoms with Crippen LogP contribution in [0.3, 0.4) is 0 Å². The lowest BCUT2D eigenvalue weighted by Crippen LogP contribution is -1.93. The first-order valence-corrected chi connectivity index (χ1v) is 5.13. The van der Waals surface area contributed by atoms with Crippen LogP contribution in [0.2, 0.25) is 0 Å². The van der Waals surface area contributed by atoms with Crippen molar-refractivity contribution >= 4 is 0 Å². The lowest BCUT2D eigenvalue weighted by atomic mass is 10.2. The minimum atomic E-state index is 0.896. The van der Waals surface area contributed by atoms with Gasteiger partial charge in [-0.15, -0.1) is 0 Å². The number of unbranched alkanes of at least 4 members (excludes halogenated alkanes) is 3. The average molecular weight is 170 g/mol. The first-order chi connectivity index (χ1) is 5.85. The molecular formula is C11H22O. The van der Waals surface area contributed by atoms with Gasteiger partial charge in [0.15, 0.2) is 0 Å². The summed E-state index contributed by atoms with van der Waals surface area (Å²) < 4.78 is 5.55. The Morgan fingerprint density at radius 3 is 2.42 bits per heavy atom. The quantitative estimate of drug-likeness (QED) is 0.416. The van der Waals surface area contributed by atoms with Crippen molar-refractivity contribution in [3.05, 3.63) is 11.8 Å². The molecule has 0 bridgehead atoms. The molecule has 0 saturated heterocycles. The molecule has 0 aromatic carbocycles. The summed E-state index contributed by atoms with van der Waals surface area (Å²) in [7, 11) is 0. The minimum absolute atomic E-state index is 0.896. The molecule has 1 heteroatoms. The van der Waals surface area contributed by atoms with Crippen molar-refractivity contribution in [1.82, 2.24) is 0 Å². The second-order valence-electron chi connectivity index (χ2n) is 3.02. The minimum Gasteiger partial charge on any atom is -0.498 e. The van der Waals surface area contributed by atoms with Gasteiger partial charge in [-0.3, -0.25) is 0 Å². The number of hydrogen-bond donors (Lipinski definition) is 0. The molecule has 0 rings (SSSR count). The summed E-state index contributed by atoms with van der Waals surface area (Å²) in [5.41, 5.74) is 0. The van der Waals surface area contributed by atoms with Crippen molar-refractivity contribution in [3.63, 3.8) is 0 Å². The lowest BCUT2D eigenvalue weighted by Gasteiger charge is -2.07. The summed E-state index contributed by atoms with van der Waals surface area (Å²) in [6, 6.07) is 0. The standard InChI is InChI=1S/C11H22O/c1-4-7-8-9-10-12-11(5-2)6-3/h5H,4,6-10H2,1-3H3/b11-5-. The molecule has 0 radical (unpaired) electrons. The maximum atomic E-state index is 5.55. The molecule has 0 aliphatic carbocycles. The highest BCUT2D eigenvalue weighted by molar-refractivity contribution is 4.88. The summed E-state index contributed by atoms with van der Waals surface area (Å²) >= 11 is 0. The number of hydrogen-bond acceptors (Lipinski definition) is 1. The fourth-order valence-electron chi connectivity index (χ4n) is 1.12. The van der Waals surface area contributed by atoms with E-state index in [1.54, 1.807) is 0 Å². The topological polar surface area (TPSA) is 9.23 Å². The molecule has 0 saturated carbocycles. The molecule has 0 aliphatic rings. The summed E-state index contributed by atoms with van der Waals surface area (Å²) in [5, 5.41) is 0. The Labute approximate surface area is 76.8 Å². The molecule has 0 aromatic rings. The third-order valence-corrected chi connectivity index (χ3v) is 1.96. The van der Waals surface area contributed by atoms with Crippen LogP contribution in [-0.4, -0.2) is 6.61 Å². The summed E-state index contributed by atoms with van der Waals surface area (Å²) in [6.07, 6.45) is 8.21. The van der Waals surface area contributed by atoms with Crippen molar-refractivity contribution in [1.29, 1.82) is 0 Å². The zero-order valence-corrected chi connectivity index (χ0v) is 8.73. The summed E-state index contributed by atoms with van der Waals surface area (Å²) in [4.78, 5) is 0. The zero-order valence-electron chi connectivity index (χ0n) is 8.73. The second-order valence-corrected chi connectivity index (χ2v) is 3.02. The fourth-order valence-corrected chi connectivity index (χ4v) is 1.12. The van der Waals surface area contributed by atoms with Crippen LogP contribution in [0.25, 0.3) is 0 Å². The molecule has 0 heterocycles. The van der Waals surface area contributed by atoms with Crippen molar-refractivity contribution < 1.29 is 4.74 Å². The van der Waals surface area contributed by atoms with Crippen LogP contribution in [-0.2, 0) is 4.74 Å². The Morgan fingerprint density at radius 2 is 1.92 bits per heavy atom. The number of allylic oxidation sites excluding steroid dienone is 2. The highest BCUT2D eigenvalue weighted by Gasteiger charge is 1.92. The van der Waals surface area contributed by atoms with Gasteiger partial charge in [0.05, 0.1) is 12.4 Å². The van der Waals surface area contributed by atoms with Gasteiger partial charge in [-0.2, -0.15) is 0 Å². The molecule has 0 aromatic heterocycles. The Balaban J connectivity index is 3.18. The van der Waals surface area contributed by atoms with E-state index in [1.165, 1.54) is 25.7 Å². The van der Waals surface area contributed by atoms with Crippen molar-refractivity contribution in [2.24, 2.45) is 0 Å². The molecule has 0 unspecified atom stereocenters. The normalized spacial score (nSPS) is 11.8. The first-order valence-electron chi connectivity index (χ1n) is 5.13. The highest BCUT2D eigenvalue weighted by atomic mass is 16.5. The van der Waals surface area contributed by atoms with E-state index in [0.29, 0.717) is 0 Å². The van der Waals surface area contributed by atoms with Crippen LogP contribution >= 0.6 is 0 Å². The van der Waals surface area contributed by atoms with Gasteiger partial charge in [0.1, 0.15) is 0 Å². The molecule has 1 nitrogen and oxygen atoms in total. The summed E-state index contributed by atoms with van der Waals surface area (Å²) in [5.74, 6) is 1.13. The van der Waals surface area contributed by atoms with E-state index in [9.17, 15) is 0 Å². The molecule has 0 aliphatic heterocycles. The van der Waals surface area contributed by atoms with E-state index in [0.717, 1.165) is 18.8 Å². The number of ether oxygens (including phenoxy) is 1. The Hall–Kier alpha value is -0.460. The largest absolute Gasteiger partial charge is 0.498 e. The SMILES string of the molecule is C/C=C(/CC)OCCCCCC. The Bertz CT molecular complexity index is 116. The molecule has 0 amide bonds. The van der Waals surface area contributed by atoms with E-state index >= 15 is 0 Å². The Kier molecular flexibility index (Phi) is 8.30. The first kappa shape index (κ1) is 11.5. The van der Waals surface area contributed by atoms with Crippen LogP contribution < -0.4 is 0 Å². The van der Waals surface area contributed by atoms with Crippen LogP contribution in [0.4, 0.5) is 0 Å². The van der Waals surface area contributed by atoms with E-state index < -0.39 is 0 Å². The smallest absolute Gasteiger partial charge is 0.0914 e. The molecule has 72 valence electrons. The van der Waals surface area contributed by atoms with Crippen molar-refractivity contribution in [2.45, 2.75) is 52.9 Å². The van der Waals surface area contributed by atoms with Gasteiger partial charge >= 0.3 is 0 Å². The molecule has 0 atom stereocenters. The van der Waals surface area contributed by atoms with Crippen LogP contribution in [0.15, 0.2) is 11.8 Å². The van der Waals surface area contributed by atoms with Crippen LogP contribution in [0, 0.1) is 0 Å². The predicted molar refractivity (Wildman–Crippen MR) is 54.1 cm³/mol. The van der Waals surface area contributed by atoms with Crippen LogP contribution in [0.5, 0.6) is 0 Å². The molecule has 0 N–H and O–H groups in total. The van der Waals surface area contributed by atoms with Gasteiger partial charge < -0.3 is 4.74 Å². The molecule has 0 fully saturated rings. The summed E-state index contributed by atoms with van der Waals surface area (Å²) in [6.45, 7) is 7.28. The van der Waals surface area contributed by atoms with Gasteiger partial charge in [0.2, 0.25) is 0 Å². The second kappa shape index (κ2) is 8.63. The number of rotatable bonds is 7. The monoisotopic (exact) mass is 170 g/mol. The van der Waals surface area contributed by atoms with E-state index in [-0.39, 0.29) is 0 Å². The third-order valence-electron chi connectivity index (χ3n) is 1.96. The Morgan fingerprint density at radius 1 is 1.17 bits per heavy atom. The van der Waals surface area contributed by atoms with Gasteiger partial charge in [0.25, 0.3) is 0 Å². The maximum absolute atomic E-state index is 5.55. The lowest BCUT2D eigenvalue weighted by molar-refractivity contribution is 0.197. The predicted octanol–water partition coefficient (Wildman–Crippen LogP) is 3.90. The van der Waals surface area contributed by atoms with E-state index in [4.69, 9.17) is 4.74 Å². The van der Waals surface area contributed by atoms with Gasteiger partial charge in [-0.05, 0) is 19.4 Å². The van der Waals surface area contributed by atoms with Gasteiger partial charge in [-0.1, -0.05) is 33.1 Å². The molecular weight excluding hydrogens is 148 g/mol. The third kappa shape index (κ3) is 6.26. The fraction of sp³-hybridized carbons (Fsp3) is 0.818. The average Bonchev–Trinajstić information content (AvgIpc) is 2.11. The van der Waals surface area contributed by atoms with Gasteiger partial charge in [-0.25, -0.2) is 0 Å². The van der Waals surface area contributed by atoms with Gasteiger partial charge in [0, 0.05) is 6.42 Å². The highest BCUT2D eigenvalue weighted by Crippen LogP contribution is 2.05.